The number of nitro groups is 1. The number of nitrogens with zero attached hydrogens (tertiary/aromatic N) is 4. The molecule has 21 heavy (non-hydrogen) atoms. The monoisotopic (exact) mass is 287 g/mol. The first kappa shape index (κ1) is 13.4. The van der Waals surface area contributed by atoms with Gasteiger partial charge < -0.3 is 10.6 Å². The Bertz CT molecular complexity index is 722. The van der Waals surface area contributed by atoms with Crippen molar-refractivity contribution in [3.8, 4) is 0 Å². The van der Waals surface area contributed by atoms with Crippen molar-refractivity contribution in [3.63, 3.8) is 0 Å². The molecule has 1 aliphatic rings. The zero-order valence-electron chi connectivity index (χ0n) is 12.0. The van der Waals surface area contributed by atoms with Gasteiger partial charge in [-0.1, -0.05) is 12.1 Å². The van der Waals surface area contributed by atoms with Crippen molar-refractivity contribution in [2.24, 2.45) is 0 Å². The summed E-state index contributed by atoms with van der Waals surface area (Å²) in [6, 6.07) is 6.22. The fraction of sp³-hybridized carbons (Fsp3) is 0.357. The topological polar surface area (TPSA) is 90.2 Å². The maximum absolute atomic E-state index is 11.0. The predicted molar refractivity (Wildman–Crippen MR) is 80.5 cm³/mol. The Labute approximate surface area is 122 Å². The van der Waals surface area contributed by atoms with Crippen molar-refractivity contribution >= 4 is 17.2 Å². The highest BCUT2D eigenvalue weighted by molar-refractivity contribution is 5.59. The van der Waals surface area contributed by atoms with Gasteiger partial charge in [0, 0.05) is 19.3 Å². The average molecular weight is 287 g/mol. The molecule has 7 nitrogen and oxygen atoms in total. The van der Waals surface area contributed by atoms with Gasteiger partial charge in [-0.05, 0) is 30.5 Å². The minimum absolute atomic E-state index is 0.101. The first-order chi connectivity index (χ1) is 9.97. The third-order valence-corrected chi connectivity index (χ3v) is 3.92. The number of benzene rings is 1. The summed E-state index contributed by atoms with van der Waals surface area (Å²) in [5.74, 6) is 0.107. The Kier molecular flexibility index (Phi) is 3.04. The molecule has 2 heterocycles. The van der Waals surface area contributed by atoms with E-state index in [1.807, 2.05) is 6.07 Å². The van der Waals surface area contributed by atoms with Crippen molar-refractivity contribution in [3.05, 3.63) is 45.1 Å². The van der Waals surface area contributed by atoms with Crippen molar-refractivity contribution in [1.29, 1.82) is 0 Å². The zero-order chi connectivity index (χ0) is 15.1. The number of nitrogen functional groups attached to an aromatic ring is 1. The van der Waals surface area contributed by atoms with Gasteiger partial charge in [0.1, 0.15) is 5.69 Å². The minimum Gasteiger partial charge on any atom is -0.378 e. The van der Waals surface area contributed by atoms with Crippen LogP contribution in [0, 0.1) is 17.0 Å². The normalized spacial score (nSPS) is 13.5. The predicted octanol–water partition coefficient (Wildman–Crippen LogP) is 1.72. The number of anilines is 2. The molecule has 0 saturated carbocycles. The summed E-state index contributed by atoms with van der Waals surface area (Å²) in [6.45, 7) is 3.06. The van der Waals surface area contributed by atoms with Crippen LogP contribution in [0.25, 0.3) is 0 Å². The summed E-state index contributed by atoms with van der Waals surface area (Å²) >= 11 is 0. The molecule has 0 aliphatic carbocycles. The third kappa shape index (κ3) is 2.20. The maximum atomic E-state index is 11.0. The largest absolute Gasteiger partial charge is 0.378 e. The van der Waals surface area contributed by atoms with Crippen molar-refractivity contribution in [2.45, 2.75) is 19.9 Å². The molecule has 0 radical (unpaired) electrons. The van der Waals surface area contributed by atoms with Gasteiger partial charge in [0.15, 0.2) is 0 Å². The van der Waals surface area contributed by atoms with Crippen LogP contribution in [0.5, 0.6) is 0 Å². The Morgan fingerprint density at radius 2 is 2.24 bits per heavy atom. The van der Waals surface area contributed by atoms with E-state index in [-0.39, 0.29) is 11.5 Å². The van der Waals surface area contributed by atoms with Gasteiger partial charge in [0.2, 0.25) is 5.82 Å². The fourth-order valence-electron chi connectivity index (χ4n) is 2.83. The molecule has 1 aromatic heterocycles. The highest BCUT2D eigenvalue weighted by Gasteiger charge is 2.23. The molecule has 0 unspecified atom stereocenters. The van der Waals surface area contributed by atoms with Crippen LogP contribution in [0.4, 0.5) is 17.2 Å². The van der Waals surface area contributed by atoms with Crippen LogP contribution >= 0.6 is 0 Å². The lowest BCUT2D eigenvalue weighted by atomic mass is 10.1. The lowest BCUT2D eigenvalue weighted by Crippen LogP contribution is -2.12. The molecule has 110 valence electrons. The van der Waals surface area contributed by atoms with Crippen LogP contribution in [0.15, 0.2) is 18.2 Å². The number of nitrogens with two attached hydrogens (primary N) is 1. The number of aryl methyl sites for hydroxylation is 1. The van der Waals surface area contributed by atoms with E-state index in [2.05, 4.69) is 29.2 Å². The van der Waals surface area contributed by atoms with Gasteiger partial charge >= 0.3 is 5.69 Å². The van der Waals surface area contributed by atoms with Crippen molar-refractivity contribution < 1.29 is 4.92 Å². The van der Waals surface area contributed by atoms with E-state index in [4.69, 9.17) is 5.73 Å². The second kappa shape index (κ2) is 4.76. The van der Waals surface area contributed by atoms with E-state index >= 15 is 0 Å². The number of hydrogen-bond acceptors (Lipinski definition) is 5. The average Bonchev–Trinajstić information content (AvgIpc) is 2.91. The fourth-order valence-corrected chi connectivity index (χ4v) is 2.83. The molecule has 0 atom stereocenters. The lowest BCUT2D eigenvalue weighted by Gasteiger charge is -2.12. The Hall–Kier alpha value is -2.57. The Balaban J connectivity index is 1.91. The van der Waals surface area contributed by atoms with Gasteiger partial charge in [-0.3, -0.25) is 10.1 Å². The molecule has 2 aromatic rings. The van der Waals surface area contributed by atoms with Crippen LogP contribution < -0.4 is 10.6 Å². The molecule has 0 bridgehead atoms. The van der Waals surface area contributed by atoms with E-state index in [1.54, 1.807) is 6.92 Å². The summed E-state index contributed by atoms with van der Waals surface area (Å²) in [7, 11) is 2.07. The maximum Gasteiger partial charge on any atom is 0.333 e. The van der Waals surface area contributed by atoms with Gasteiger partial charge in [-0.2, -0.15) is 5.10 Å². The number of aromatic nitrogens is 2. The van der Waals surface area contributed by atoms with Gasteiger partial charge in [-0.15, -0.1) is 0 Å². The standard InChI is InChI=1S/C14H17N5O2/c1-9-13(19(20)21)14(15)18(16-9)8-10-3-4-12-11(7-10)5-6-17(12)2/h3-4,7H,5-6,8,15H2,1-2H3. The van der Waals surface area contributed by atoms with Crippen LogP contribution in [0.2, 0.25) is 0 Å². The van der Waals surface area contributed by atoms with E-state index in [0.29, 0.717) is 12.2 Å². The summed E-state index contributed by atoms with van der Waals surface area (Å²) < 4.78 is 1.49. The lowest BCUT2D eigenvalue weighted by molar-refractivity contribution is -0.384. The van der Waals surface area contributed by atoms with Crippen LogP contribution in [-0.4, -0.2) is 28.3 Å². The third-order valence-electron chi connectivity index (χ3n) is 3.92. The highest BCUT2D eigenvalue weighted by atomic mass is 16.6. The van der Waals surface area contributed by atoms with E-state index in [0.717, 1.165) is 18.5 Å². The molecule has 7 heteroatoms. The number of hydrogen-bond donors (Lipinski definition) is 1. The molecule has 3 rings (SSSR count). The Morgan fingerprint density at radius 3 is 2.90 bits per heavy atom. The first-order valence-electron chi connectivity index (χ1n) is 6.77. The van der Waals surface area contributed by atoms with E-state index in [9.17, 15) is 10.1 Å². The van der Waals surface area contributed by atoms with Gasteiger partial charge in [0.05, 0.1) is 11.5 Å². The van der Waals surface area contributed by atoms with Gasteiger partial charge in [-0.25, -0.2) is 4.68 Å². The summed E-state index contributed by atoms with van der Waals surface area (Å²) in [5, 5.41) is 15.1. The molecule has 0 saturated heterocycles. The number of likely N-dealkylation sites (N-methyl/N-ethyl adjacent to an activating group) is 1. The molecule has 1 aromatic carbocycles. The smallest absolute Gasteiger partial charge is 0.333 e. The first-order valence-corrected chi connectivity index (χ1v) is 6.77. The Morgan fingerprint density at radius 1 is 1.48 bits per heavy atom. The van der Waals surface area contributed by atoms with Crippen molar-refractivity contribution in [1.82, 2.24) is 9.78 Å². The number of rotatable bonds is 3. The zero-order valence-corrected chi connectivity index (χ0v) is 12.0. The summed E-state index contributed by atoms with van der Waals surface area (Å²) in [6.07, 6.45) is 1.02. The summed E-state index contributed by atoms with van der Waals surface area (Å²) in [5.41, 5.74) is 9.68. The summed E-state index contributed by atoms with van der Waals surface area (Å²) in [4.78, 5) is 12.7. The molecule has 1 aliphatic heterocycles. The second-order valence-electron chi connectivity index (χ2n) is 5.37. The molecule has 0 spiro atoms. The molecule has 0 fully saturated rings. The van der Waals surface area contributed by atoms with Crippen molar-refractivity contribution in [2.75, 3.05) is 24.2 Å². The molecule has 2 N–H and O–H groups in total. The van der Waals surface area contributed by atoms with E-state index < -0.39 is 4.92 Å². The molecular weight excluding hydrogens is 270 g/mol. The SMILES string of the molecule is Cc1nn(Cc2ccc3c(c2)CCN3C)c(N)c1[N+](=O)[O-]. The number of fused-ring (bicyclic) bond motifs is 1. The quantitative estimate of drug-likeness (QED) is 0.685. The van der Waals surface area contributed by atoms with Crippen LogP contribution in [-0.2, 0) is 13.0 Å². The minimum atomic E-state index is -0.480. The van der Waals surface area contributed by atoms with E-state index in [1.165, 1.54) is 15.9 Å². The molecular formula is C14H17N5O2. The molecule has 0 amide bonds. The van der Waals surface area contributed by atoms with Crippen LogP contribution in [0.3, 0.4) is 0 Å². The van der Waals surface area contributed by atoms with Gasteiger partial charge in [0.25, 0.3) is 0 Å². The van der Waals surface area contributed by atoms with Crippen LogP contribution in [0.1, 0.15) is 16.8 Å². The second-order valence-corrected chi connectivity index (χ2v) is 5.37. The highest BCUT2D eigenvalue weighted by Crippen LogP contribution is 2.29.